The minimum Gasteiger partial charge on any atom is -0.496 e. The van der Waals surface area contributed by atoms with Crippen LogP contribution in [-0.4, -0.2) is 31.9 Å². The number of hydrogen-bond donors (Lipinski definition) is 1. The van der Waals surface area contributed by atoms with E-state index in [2.05, 4.69) is 58.5 Å². The summed E-state index contributed by atoms with van der Waals surface area (Å²) >= 11 is 4.39. The van der Waals surface area contributed by atoms with Crippen LogP contribution in [0.25, 0.3) is 0 Å². The molecule has 0 saturated carbocycles. The first kappa shape index (κ1) is 15.4. The molecule has 0 heterocycles. The third kappa shape index (κ3) is 3.01. The lowest BCUT2D eigenvalue weighted by Gasteiger charge is -2.29. The molecule has 0 aliphatic rings. The second-order valence-electron chi connectivity index (χ2n) is 5.05. The Morgan fingerprint density at radius 1 is 1.22 bits per heavy atom. The summed E-state index contributed by atoms with van der Waals surface area (Å²) in [7, 11) is 6.00. The maximum atomic E-state index is 5.43. The molecular formula is C15H25NOS. The van der Waals surface area contributed by atoms with Crippen molar-refractivity contribution >= 4 is 12.6 Å². The van der Waals surface area contributed by atoms with Crippen LogP contribution in [0.5, 0.6) is 5.75 Å². The minimum atomic E-state index is 0.423. The molecule has 0 fully saturated rings. The summed E-state index contributed by atoms with van der Waals surface area (Å²) in [5, 5.41) is 0. The molecule has 0 aliphatic heterocycles. The molecule has 2 nitrogen and oxygen atoms in total. The van der Waals surface area contributed by atoms with Gasteiger partial charge in [-0.05, 0) is 75.4 Å². The van der Waals surface area contributed by atoms with Crippen molar-refractivity contribution in [3.05, 3.63) is 28.3 Å². The van der Waals surface area contributed by atoms with Crippen LogP contribution < -0.4 is 4.74 Å². The summed E-state index contributed by atoms with van der Waals surface area (Å²) in [6.07, 6.45) is 1.06. The number of rotatable bonds is 5. The zero-order valence-corrected chi connectivity index (χ0v) is 13.3. The molecule has 1 atom stereocenters. The van der Waals surface area contributed by atoms with E-state index in [4.69, 9.17) is 4.74 Å². The molecule has 0 spiro atoms. The van der Waals surface area contributed by atoms with E-state index in [9.17, 15) is 0 Å². The normalized spacial score (nSPS) is 12.9. The fourth-order valence-corrected chi connectivity index (χ4v) is 2.82. The summed E-state index contributed by atoms with van der Waals surface area (Å²) in [5.41, 5.74) is 5.30. The van der Waals surface area contributed by atoms with Crippen molar-refractivity contribution < 1.29 is 4.74 Å². The highest BCUT2D eigenvalue weighted by molar-refractivity contribution is 7.80. The van der Waals surface area contributed by atoms with Gasteiger partial charge in [0.05, 0.1) is 7.11 Å². The van der Waals surface area contributed by atoms with Gasteiger partial charge in [0.1, 0.15) is 5.75 Å². The van der Waals surface area contributed by atoms with Gasteiger partial charge in [-0.1, -0.05) is 0 Å². The van der Waals surface area contributed by atoms with E-state index in [0.717, 1.165) is 17.9 Å². The van der Waals surface area contributed by atoms with Crippen molar-refractivity contribution in [2.24, 2.45) is 0 Å². The maximum absolute atomic E-state index is 5.43. The molecule has 102 valence electrons. The Labute approximate surface area is 117 Å². The molecule has 1 unspecified atom stereocenters. The van der Waals surface area contributed by atoms with E-state index in [1.165, 1.54) is 22.3 Å². The molecule has 18 heavy (non-hydrogen) atoms. The van der Waals surface area contributed by atoms with Crippen LogP contribution in [0, 0.1) is 20.8 Å². The number of nitrogens with zero attached hydrogens (tertiary/aromatic N) is 1. The largest absolute Gasteiger partial charge is 0.496 e. The van der Waals surface area contributed by atoms with Gasteiger partial charge in [0, 0.05) is 6.04 Å². The van der Waals surface area contributed by atoms with Gasteiger partial charge in [-0.3, -0.25) is 0 Å². The van der Waals surface area contributed by atoms with Crippen molar-refractivity contribution in [2.45, 2.75) is 33.2 Å². The zero-order valence-electron chi connectivity index (χ0n) is 12.4. The second kappa shape index (κ2) is 6.48. The van der Waals surface area contributed by atoms with E-state index in [1.54, 1.807) is 7.11 Å². The van der Waals surface area contributed by atoms with Gasteiger partial charge in [0.25, 0.3) is 0 Å². The Balaban J connectivity index is 3.34. The Morgan fingerprint density at radius 3 is 2.28 bits per heavy atom. The van der Waals surface area contributed by atoms with Crippen molar-refractivity contribution in [1.29, 1.82) is 0 Å². The van der Waals surface area contributed by atoms with E-state index < -0.39 is 0 Å². The average Bonchev–Trinajstić information content (AvgIpc) is 2.32. The molecule has 3 heteroatoms. The molecule has 1 aromatic rings. The first-order valence-corrected chi connectivity index (χ1v) is 6.99. The molecule has 0 amide bonds. The van der Waals surface area contributed by atoms with Crippen LogP contribution >= 0.6 is 12.6 Å². The van der Waals surface area contributed by atoms with Crippen LogP contribution in [-0.2, 0) is 0 Å². The summed E-state index contributed by atoms with van der Waals surface area (Å²) in [5.74, 6) is 1.88. The quantitative estimate of drug-likeness (QED) is 0.819. The van der Waals surface area contributed by atoms with Gasteiger partial charge >= 0.3 is 0 Å². The van der Waals surface area contributed by atoms with E-state index in [-0.39, 0.29) is 0 Å². The number of benzene rings is 1. The molecule has 0 saturated heterocycles. The third-order valence-corrected chi connectivity index (χ3v) is 3.95. The molecule has 0 aliphatic carbocycles. The molecule has 0 aromatic heterocycles. The van der Waals surface area contributed by atoms with Crippen LogP contribution in [0.2, 0.25) is 0 Å². The first-order chi connectivity index (χ1) is 8.43. The van der Waals surface area contributed by atoms with Gasteiger partial charge in [-0.15, -0.1) is 0 Å². The second-order valence-corrected chi connectivity index (χ2v) is 5.50. The summed E-state index contributed by atoms with van der Waals surface area (Å²) in [6.45, 7) is 6.49. The number of aryl methyl sites for hydroxylation is 1. The summed E-state index contributed by atoms with van der Waals surface area (Å²) in [6, 6.07) is 2.57. The van der Waals surface area contributed by atoms with E-state index in [1.807, 2.05) is 0 Å². The van der Waals surface area contributed by atoms with E-state index in [0.29, 0.717) is 6.04 Å². The molecule has 1 aromatic carbocycles. The molecule has 0 bridgehead atoms. The summed E-state index contributed by atoms with van der Waals surface area (Å²) in [4.78, 5) is 2.28. The molecular weight excluding hydrogens is 242 g/mol. The lowest BCUT2D eigenvalue weighted by Crippen LogP contribution is -2.22. The number of ether oxygens (including phenoxy) is 1. The average molecular weight is 267 g/mol. The van der Waals surface area contributed by atoms with Crippen molar-refractivity contribution in [3.63, 3.8) is 0 Å². The highest BCUT2D eigenvalue weighted by Crippen LogP contribution is 2.34. The Kier molecular flexibility index (Phi) is 5.54. The minimum absolute atomic E-state index is 0.423. The monoisotopic (exact) mass is 267 g/mol. The fourth-order valence-electron chi connectivity index (χ4n) is 2.57. The molecule has 0 N–H and O–H groups in total. The zero-order chi connectivity index (χ0) is 13.9. The lowest BCUT2D eigenvalue weighted by atomic mass is 9.90. The van der Waals surface area contributed by atoms with Gasteiger partial charge in [-0.25, -0.2) is 0 Å². The smallest absolute Gasteiger partial charge is 0.122 e. The third-order valence-electron chi connectivity index (χ3n) is 3.69. The number of thiol groups is 1. The fraction of sp³-hybridized carbons (Fsp3) is 0.600. The molecule has 1 rings (SSSR count). The maximum Gasteiger partial charge on any atom is 0.122 e. The van der Waals surface area contributed by atoms with Crippen molar-refractivity contribution in [3.8, 4) is 5.75 Å². The van der Waals surface area contributed by atoms with Gasteiger partial charge < -0.3 is 9.64 Å². The Hall–Kier alpha value is -0.670. The van der Waals surface area contributed by atoms with Crippen molar-refractivity contribution in [2.75, 3.05) is 27.0 Å². The lowest BCUT2D eigenvalue weighted by molar-refractivity contribution is 0.291. The predicted octanol–water partition coefficient (Wildman–Crippen LogP) is 3.54. The van der Waals surface area contributed by atoms with Crippen molar-refractivity contribution in [1.82, 2.24) is 4.90 Å². The predicted molar refractivity (Wildman–Crippen MR) is 82.1 cm³/mol. The number of methoxy groups -OCH3 is 1. The van der Waals surface area contributed by atoms with E-state index >= 15 is 0 Å². The van der Waals surface area contributed by atoms with Crippen LogP contribution in [0.4, 0.5) is 0 Å². The van der Waals surface area contributed by atoms with Gasteiger partial charge in [-0.2, -0.15) is 12.6 Å². The Morgan fingerprint density at radius 2 is 1.83 bits per heavy atom. The molecule has 0 radical (unpaired) electrons. The SMILES string of the molecule is COc1cc(C)c(C(CCS)N(C)C)c(C)c1C. The standard InChI is InChI=1S/C15H25NOS/c1-10-9-14(17-6)11(2)12(3)15(10)13(7-8-18)16(4)5/h9,13,18H,7-8H2,1-6H3. The number of hydrogen-bond acceptors (Lipinski definition) is 3. The van der Waals surface area contributed by atoms with Crippen LogP contribution in [0.3, 0.4) is 0 Å². The topological polar surface area (TPSA) is 12.5 Å². The van der Waals surface area contributed by atoms with Crippen LogP contribution in [0.15, 0.2) is 6.07 Å². The van der Waals surface area contributed by atoms with Crippen LogP contribution in [0.1, 0.15) is 34.7 Å². The van der Waals surface area contributed by atoms with Gasteiger partial charge in [0.15, 0.2) is 0 Å². The summed E-state index contributed by atoms with van der Waals surface area (Å²) < 4.78 is 5.43. The first-order valence-electron chi connectivity index (χ1n) is 6.36. The highest BCUT2D eigenvalue weighted by atomic mass is 32.1. The highest BCUT2D eigenvalue weighted by Gasteiger charge is 2.20. The van der Waals surface area contributed by atoms with Gasteiger partial charge in [0.2, 0.25) is 0 Å². The Bertz CT molecular complexity index is 415.